The largest absolute Gasteiger partial charge is 0.443 e. The van der Waals surface area contributed by atoms with Crippen LogP contribution in [0.25, 0.3) is 10.8 Å². The number of imide groups is 1. The number of fused-ring (bicyclic) bond motifs is 1. The summed E-state index contributed by atoms with van der Waals surface area (Å²) in [5, 5.41) is 1.39. The van der Waals surface area contributed by atoms with Crippen molar-refractivity contribution < 1.29 is 19.1 Å². The summed E-state index contributed by atoms with van der Waals surface area (Å²) in [6.45, 7) is 12.2. The van der Waals surface area contributed by atoms with Crippen LogP contribution in [0.2, 0.25) is 0 Å². The van der Waals surface area contributed by atoms with Crippen LogP contribution in [0.15, 0.2) is 24.4 Å². The summed E-state index contributed by atoms with van der Waals surface area (Å²) in [5.41, 5.74) is 5.85. The van der Waals surface area contributed by atoms with E-state index >= 15 is 0 Å². The number of carbonyl (C=O) groups excluding carboxylic acids is 2. The number of aromatic nitrogens is 1. The first-order chi connectivity index (χ1) is 12.3. The normalized spacial score (nSPS) is 12.0. The summed E-state index contributed by atoms with van der Waals surface area (Å²) >= 11 is 0. The van der Waals surface area contributed by atoms with Crippen LogP contribution < -0.4 is 10.6 Å². The van der Waals surface area contributed by atoms with Crippen molar-refractivity contribution in [3.05, 3.63) is 30.0 Å². The Morgan fingerprint density at radius 2 is 1.44 bits per heavy atom. The third kappa shape index (κ3) is 4.87. The highest BCUT2D eigenvalue weighted by Crippen LogP contribution is 2.31. The van der Waals surface area contributed by atoms with Gasteiger partial charge in [-0.05, 0) is 77.6 Å². The van der Waals surface area contributed by atoms with Gasteiger partial charge in [-0.2, -0.15) is 4.90 Å². The van der Waals surface area contributed by atoms with Crippen molar-refractivity contribution in [2.45, 2.75) is 59.7 Å². The van der Waals surface area contributed by atoms with Gasteiger partial charge in [0, 0.05) is 17.3 Å². The van der Waals surface area contributed by atoms with Crippen LogP contribution in [-0.4, -0.2) is 28.4 Å². The topological polar surface area (TPSA) is 94.8 Å². The molecule has 0 fully saturated rings. The van der Waals surface area contributed by atoms with Crippen LogP contribution in [0.3, 0.4) is 0 Å². The molecule has 2 amide bonds. The molecular weight excluding hydrogens is 346 g/mol. The monoisotopic (exact) mass is 373 g/mol. The maximum Gasteiger partial charge on any atom is 0.425 e. The van der Waals surface area contributed by atoms with Crippen molar-refractivity contribution in [3.8, 4) is 0 Å². The number of amides is 2. The second-order valence-electron chi connectivity index (χ2n) is 8.31. The van der Waals surface area contributed by atoms with Crippen molar-refractivity contribution in [1.82, 2.24) is 4.98 Å². The molecule has 0 unspecified atom stereocenters. The maximum atomic E-state index is 12.8. The number of benzene rings is 1. The molecule has 27 heavy (non-hydrogen) atoms. The highest BCUT2D eigenvalue weighted by Gasteiger charge is 2.34. The summed E-state index contributed by atoms with van der Waals surface area (Å²) in [7, 11) is 0. The van der Waals surface area contributed by atoms with Crippen LogP contribution in [0.4, 0.5) is 21.1 Å². The lowest BCUT2D eigenvalue weighted by molar-refractivity contribution is 0.0429. The number of nitrogen functional groups attached to an aromatic ring is 1. The molecule has 0 saturated heterocycles. The van der Waals surface area contributed by atoms with Crippen molar-refractivity contribution in [2.24, 2.45) is 0 Å². The first kappa shape index (κ1) is 20.5. The second-order valence-corrected chi connectivity index (χ2v) is 8.31. The summed E-state index contributed by atoms with van der Waals surface area (Å²) in [6, 6.07) is 5.22. The van der Waals surface area contributed by atoms with E-state index in [2.05, 4.69) is 4.98 Å². The third-order valence-electron chi connectivity index (χ3n) is 3.60. The first-order valence-electron chi connectivity index (χ1n) is 8.70. The SMILES string of the molecule is Cc1c(N)ccc2c(N(C(=O)OC(C)(C)C)C(=O)OC(C)(C)C)nccc12. The van der Waals surface area contributed by atoms with Gasteiger partial charge in [0.2, 0.25) is 0 Å². The minimum atomic E-state index is -0.855. The molecule has 0 aliphatic heterocycles. The van der Waals surface area contributed by atoms with E-state index in [-0.39, 0.29) is 5.82 Å². The Morgan fingerprint density at radius 3 is 1.93 bits per heavy atom. The number of hydrogen-bond donors (Lipinski definition) is 1. The van der Waals surface area contributed by atoms with E-state index in [0.29, 0.717) is 11.1 Å². The molecule has 0 saturated carbocycles. The Labute approximate surface area is 159 Å². The van der Waals surface area contributed by atoms with Gasteiger partial charge >= 0.3 is 12.2 Å². The molecule has 0 spiro atoms. The number of pyridine rings is 1. The van der Waals surface area contributed by atoms with E-state index < -0.39 is 23.4 Å². The van der Waals surface area contributed by atoms with Gasteiger partial charge in [0.15, 0.2) is 5.82 Å². The van der Waals surface area contributed by atoms with Gasteiger partial charge in [0.05, 0.1) is 0 Å². The van der Waals surface area contributed by atoms with E-state index in [9.17, 15) is 9.59 Å². The lowest BCUT2D eigenvalue weighted by Crippen LogP contribution is -2.44. The standard InChI is InChI=1S/C20H27N3O4/c1-12-13-10-11-22-16(14(13)8-9-15(12)21)23(17(24)26-19(2,3)4)18(25)27-20(5,6)7/h8-11H,21H2,1-7H3. The zero-order chi connectivity index (χ0) is 20.6. The Morgan fingerprint density at radius 1 is 0.926 bits per heavy atom. The quantitative estimate of drug-likeness (QED) is 0.721. The number of carbonyl (C=O) groups is 2. The molecule has 1 aromatic carbocycles. The lowest BCUT2D eigenvalue weighted by Gasteiger charge is -2.28. The Balaban J connectivity index is 2.63. The zero-order valence-corrected chi connectivity index (χ0v) is 16.9. The molecule has 0 aliphatic carbocycles. The molecule has 2 rings (SSSR count). The Bertz CT molecular complexity index is 851. The number of anilines is 2. The van der Waals surface area contributed by atoms with Crippen molar-refractivity contribution in [2.75, 3.05) is 10.6 Å². The minimum Gasteiger partial charge on any atom is -0.443 e. The molecule has 0 radical (unpaired) electrons. The van der Waals surface area contributed by atoms with Gasteiger partial charge in [-0.15, -0.1) is 0 Å². The number of rotatable bonds is 1. The molecule has 0 atom stereocenters. The van der Waals surface area contributed by atoms with E-state index in [4.69, 9.17) is 15.2 Å². The fourth-order valence-corrected chi connectivity index (χ4v) is 2.45. The van der Waals surface area contributed by atoms with Gasteiger partial charge in [-0.1, -0.05) is 0 Å². The van der Waals surface area contributed by atoms with Crippen molar-refractivity contribution in [3.63, 3.8) is 0 Å². The second kappa shape index (κ2) is 7.06. The first-order valence-corrected chi connectivity index (χ1v) is 8.70. The predicted molar refractivity (Wildman–Crippen MR) is 106 cm³/mol. The van der Waals surface area contributed by atoms with E-state index in [1.165, 1.54) is 6.20 Å². The Kier molecular flexibility index (Phi) is 5.35. The van der Waals surface area contributed by atoms with E-state index in [1.54, 1.807) is 59.7 Å². The molecular formula is C20H27N3O4. The van der Waals surface area contributed by atoms with Crippen LogP contribution in [0.1, 0.15) is 47.1 Å². The number of hydrogen-bond acceptors (Lipinski definition) is 6. The summed E-state index contributed by atoms with van der Waals surface area (Å²) in [5.74, 6) is 0.138. The zero-order valence-electron chi connectivity index (χ0n) is 16.9. The van der Waals surface area contributed by atoms with Crippen LogP contribution >= 0.6 is 0 Å². The molecule has 7 nitrogen and oxygen atoms in total. The van der Waals surface area contributed by atoms with Crippen LogP contribution in [-0.2, 0) is 9.47 Å². The molecule has 0 bridgehead atoms. The van der Waals surface area contributed by atoms with Crippen molar-refractivity contribution in [1.29, 1.82) is 0 Å². The molecule has 2 N–H and O–H groups in total. The van der Waals surface area contributed by atoms with Crippen LogP contribution in [0.5, 0.6) is 0 Å². The maximum absolute atomic E-state index is 12.8. The lowest BCUT2D eigenvalue weighted by atomic mass is 10.0. The fourth-order valence-electron chi connectivity index (χ4n) is 2.45. The average Bonchev–Trinajstić information content (AvgIpc) is 2.48. The van der Waals surface area contributed by atoms with E-state index in [0.717, 1.165) is 15.8 Å². The summed E-state index contributed by atoms with van der Waals surface area (Å²) < 4.78 is 10.8. The summed E-state index contributed by atoms with van der Waals surface area (Å²) in [6.07, 6.45) is -0.191. The molecule has 7 heteroatoms. The highest BCUT2D eigenvalue weighted by molar-refractivity contribution is 6.14. The van der Waals surface area contributed by atoms with Gasteiger partial charge in [-0.3, -0.25) is 0 Å². The number of ether oxygens (including phenoxy) is 2. The van der Waals surface area contributed by atoms with E-state index in [1.807, 2.05) is 6.92 Å². The molecule has 0 aliphatic rings. The predicted octanol–water partition coefficient (Wildman–Crippen LogP) is 4.80. The summed E-state index contributed by atoms with van der Waals surface area (Å²) in [4.78, 5) is 30.7. The Hall–Kier alpha value is -2.83. The smallest absolute Gasteiger partial charge is 0.425 e. The average molecular weight is 373 g/mol. The number of nitrogens with zero attached hydrogens (tertiary/aromatic N) is 2. The van der Waals surface area contributed by atoms with Gasteiger partial charge < -0.3 is 15.2 Å². The van der Waals surface area contributed by atoms with Gasteiger partial charge in [0.1, 0.15) is 11.2 Å². The molecule has 146 valence electrons. The highest BCUT2D eigenvalue weighted by atomic mass is 16.6. The van der Waals surface area contributed by atoms with Crippen molar-refractivity contribution >= 4 is 34.5 Å². The molecule has 1 aromatic heterocycles. The fraction of sp³-hybridized carbons (Fsp3) is 0.450. The number of nitrogens with two attached hydrogens (primary N) is 1. The van der Waals surface area contributed by atoms with Gasteiger partial charge in [0.25, 0.3) is 0 Å². The van der Waals surface area contributed by atoms with Gasteiger partial charge in [-0.25, -0.2) is 14.6 Å². The minimum absolute atomic E-state index is 0.138. The third-order valence-corrected chi connectivity index (χ3v) is 3.60. The molecule has 1 heterocycles. The van der Waals surface area contributed by atoms with Crippen LogP contribution in [0, 0.1) is 6.92 Å². The number of aryl methyl sites for hydroxylation is 1. The molecule has 2 aromatic rings.